The van der Waals surface area contributed by atoms with Crippen LogP contribution in [0.15, 0.2) is 6.20 Å². The van der Waals surface area contributed by atoms with E-state index in [0.29, 0.717) is 17.9 Å². The van der Waals surface area contributed by atoms with Crippen molar-refractivity contribution in [2.75, 3.05) is 38.3 Å². The molecule has 0 fully saturated rings. The van der Waals surface area contributed by atoms with Crippen molar-refractivity contribution in [1.82, 2.24) is 25.1 Å². The Balaban J connectivity index is 2.32. The van der Waals surface area contributed by atoms with E-state index in [9.17, 15) is 0 Å². The third-order valence-electron chi connectivity index (χ3n) is 3.22. The molecule has 0 saturated heterocycles. The summed E-state index contributed by atoms with van der Waals surface area (Å²) in [6.07, 6.45) is 1.75. The number of fused-ring (bicyclic) bond motifs is 1. The molecule has 0 aliphatic rings. The van der Waals surface area contributed by atoms with Crippen molar-refractivity contribution in [3.05, 3.63) is 6.20 Å². The van der Waals surface area contributed by atoms with Gasteiger partial charge in [0.2, 0.25) is 5.95 Å². The first-order valence-corrected chi connectivity index (χ1v) is 6.81. The van der Waals surface area contributed by atoms with E-state index < -0.39 is 0 Å². The Hall–Kier alpha value is -1.89. The molecule has 0 saturated carbocycles. The quantitative estimate of drug-likeness (QED) is 0.740. The summed E-state index contributed by atoms with van der Waals surface area (Å²) in [6.45, 7) is 5.34. The van der Waals surface area contributed by atoms with E-state index in [-0.39, 0.29) is 0 Å². The van der Waals surface area contributed by atoms with Gasteiger partial charge in [-0.3, -0.25) is 5.10 Å². The van der Waals surface area contributed by atoms with E-state index in [1.54, 1.807) is 13.2 Å². The summed E-state index contributed by atoms with van der Waals surface area (Å²) in [5.41, 5.74) is 0.735. The summed E-state index contributed by atoms with van der Waals surface area (Å²) in [7, 11) is 5.95. The molecule has 2 heterocycles. The summed E-state index contributed by atoms with van der Waals surface area (Å²) in [5.74, 6) is 1.89. The molecule has 0 aliphatic carbocycles. The Kier molecular flexibility index (Phi) is 4.39. The van der Waals surface area contributed by atoms with Gasteiger partial charge in [-0.15, -0.1) is 0 Å². The summed E-state index contributed by atoms with van der Waals surface area (Å²) in [6, 6.07) is 0.308. The lowest BCUT2D eigenvalue weighted by Crippen LogP contribution is -2.36. The van der Waals surface area contributed by atoms with Crippen molar-refractivity contribution >= 4 is 22.8 Å². The maximum atomic E-state index is 4.51. The Morgan fingerprint density at radius 2 is 2.05 bits per heavy atom. The number of aromatic amines is 1. The number of likely N-dealkylation sites (N-methyl/N-ethyl adjacent to an activating group) is 1. The largest absolute Gasteiger partial charge is 0.365 e. The molecule has 0 bridgehead atoms. The average Bonchev–Trinajstić information content (AvgIpc) is 2.85. The number of rotatable bonds is 6. The molecule has 2 aromatic rings. The fourth-order valence-electron chi connectivity index (χ4n) is 2.05. The van der Waals surface area contributed by atoms with Crippen LogP contribution in [0.5, 0.6) is 0 Å². The molecule has 20 heavy (non-hydrogen) atoms. The predicted molar refractivity (Wildman–Crippen MR) is 82.0 cm³/mol. The number of anilines is 2. The molecule has 2 aromatic heterocycles. The highest BCUT2D eigenvalue weighted by Crippen LogP contribution is 2.22. The lowest BCUT2D eigenvalue weighted by molar-refractivity contribution is 0.344. The van der Waals surface area contributed by atoms with Crippen molar-refractivity contribution < 1.29 is 0 Å². The first-order valence-electron chi connectivity index (χ1n) is 6.81. The second-order valence-corrected chi connectivity index (χ2v) is 5.54. The van der Waals surface area contributed by atoms with Gasteiger partial charge in [-0.2, -0.15) is 15.1 Å². The van der Waals surface area contributed by atoms with Crippen LogP contribution in [0.2, 0.25) is 0 Å². The standard InChI is InChI=1S/C13H23N7/c1-8(2)10(7-20(4)5)16-11-9-6-15-19-12(9)18-13(14-3)17-11/h6,8,10H,7H2,1-5H3,(H3,14,15,16,17,18,19). The minimum Gasteiger partial charge on any atom is -0.365 e. The molecule has 2 rings (SSSR count). The third kappa shape index (κ3) is 3.16. The van der Waals surface area contributed by atoms with Crippen LogP contribution in [0.25, 0.3) is 11.0 Å². The highest BCUT2D eigenvalue weighted by Gasteiger charge is 2.17. The van der Waals surface area contributed by atoms with Crippen LogP contribution in [0.1, 0.15) is 13.8 Å². The number of hydrogen-bond donors (Lipinski definition) is 3. The maximum Gasteiger partial charge on any atom is 0.226 e. The van der Waals surface area contributed by atoms with Gasteiger partial charge in [0.15, 0.2) is 5.65 Å². The molecule has 7 heteroatoms. The second-order valence-electron chi connectivity index (χ2n) is 5.54. The van der Waals surface area contributed by atoms with E-state index in [4.69, 9.17) is 0 Å². The van der Waals surface area contributed by atoms with Crippen LogP contribution in [0.4, 0.5) is 11.8 Å². The van der Waals surface area contributed by atoms with Crippen molar-refractivity contribution in [3.8, 4) is 0 Å². The van der Waals surface area contributed by atoms with Crippen LogP contribution in [0.3, 0.4) is 0 Å². The van der Waals surface area contributed by atoms with Gasteiger partial charge in [-0.1, -0.05) is 13.8 Å². The van der Waals surface area contributed by atoms with E-state index >= 15 is 0 Å². The van der Waals surface area contributed by atoms with E-state index in [2.05, 4.69) is 63.6 Å². The zero-order chi connectivity index (χ0) is 14.7. The Labute approximate surface area is 119 Å². The molecule has 0 radical (unpaired) electrons. The summed E-state index contributed by atoms with van der Waals surface area (Å²) < 4.78 is 0. The number of nitrogens with one attached hydrogen (secondary N) is 3. The van der Waals surface area contributed by atoms with Gasteiger partial charge in [-0.05, 0) is 20.0 Å². The fraction of sp³-hybridized carbons (Fsp3) is 0.615. The van der Waals surface area contributed by atoms with Crippen LogP contribution < -0.4 is 10.6 Å². The summed E-state index contributed by atoms with van der Waals surface area (Å²) in [5, 5.41) is 14.3. The first-order chi connectivity index (χ1) is 9.51. The maximum absolute atomic E-state index is 4.51. The smallest absolute Gasteiger partial charge is 0.226 e. The lowest BCUT2D eigenvalue weighted by atomic mass is 10.0. The van der Waals surface area contributed by atoms with Crippen molar-refractivity contribution in [1.29, 1.82) is 0 Å². The van der Waals surface area contributed by atoms with Gasteiger partial charge in [0, 0.05) is 19.6 Å². The van der Waals surface area contributed by atoms with Gasteiger partial charge < -0.3 is 15.5 Å². The van der Waals surface area contributed by atoms with Crippen molar-refractivity contribution in [2.24, 2.45) is 5.92 Å². The number of nitrogens with zero attached hydrogens (tertiary/aromatic N) is 4. The second kappa shape index (κ2) is 6.04. The van der Waals surface area contributed by atoms with Gasteiger partial charge in [0.1, 0.15) is 5.82 Å². The number of hydrogen-bond acceptors (Lipinski definition) is 6. The molecule has 1 atom stereocenters. The Bertz CT molecular complexity index is 561. The minimum absolute atomic E-state index is 0.308. The van der Waals surface area contributed by atoms with Gasteiger partial charge in [0.25, 0.3) is 0 Å². The zero-order valence-electron chi connectivity index (χ0n) is 12.7. The van der Waals surface area contributed by atoms with Crippen LogP contribution in [0, 0.1) is 5.92 Å². The van der Waals surface area contributed by atoms with Crippen molar-refractivity contribution in [3.63, 3.8) is 0 Å². The van der Waals surface area contributed by atoms with Crippen LogP contribution >= 0.6 is 0 Å². The highest BCUT2D eigenvalue weighted by atomic mass is 15.2. The molecular formula is C13H23N7. The molecule has 1 unspecified atom stereocenters. The third-order valence-corrected chi connectivity index (χ3v) is 3.22. The van der Waals surface area contributed by atoms with E-state index in [0.717, 1.165) is 23.4 Å². The highest BCUT2D eigenvalue weighted by molar-refractivity contribution is 5.87. The summed E-state index contributed by atoms with van der Waals surface area (Å²) >= 11 is 0. The molecule has 0 spiro atoms. The molecule has 0 aromatic carbocycles. The van der Waals surface area contributed by atoms with Gasteiger partial charge in [0.05, 0.1) is 11.6 Å². The zero-order valence-corrected chi connectivity index (χ0v) is 12.7. The fourth-order valence-corrected chi connectivity index (χ4v) is 2.05. The monoisotopic (exact) mass is 277 g/mol. The normalized spacial score (nSPS) is 13.2. The SMILES string of the molecule is CNc1nc(NC(CN(C)C)C(C)C)c2cn[nH]c2n1. The minimum atomic E-state index is 0.308. The Morgan fingerprint density at radius 1 is 1.30 bits per heavy atom. The topological polar surface area (TPSA) is 81.8 Å². The Morgan fingerprint density at radius 3 is 2.65 bits per heavy atom. The van der Waals surface area contributed by atoms with E-state index in [1.807, 2.05) is 0 Å². The average molecular weight is 277 g/mol. The molecule has 110 valence electrons. The van der Waals surface area contributed by atoms with Gasteiger partial charge in [-0.25, -0.2) is 0 Å². The predicted octanol–water partition coefficient (Wildman–Crippen LogP) is 1.39. The molecule has 0 amide bonds. The van der Waals surface area contributed by atoms with E-state index in [1.165, 1.54) is 0 Å². The van der Waals surface area contributed by atoms with Crippen LogP contribution in [-0.2, 0) is 0 Å². The lowest BCUT2D eigenvalue weighted by Gasteiger charge is -2.26. The molecule has 0 aliphatic heterocycles. The van der Waals surface area contributed by atoms with Crippen LogP contribution in [-0.4, -0.2) is 58.8 Å². The van der Waals surface area contributed by atoms with Gasteiger partial charge >= 0.3 is 0 Å². The van der Waals surface area contributed by atoms with Crippen molar-refractivity contribution in [2.45, 2.75) is 19.9 Å². The summed E-state index contributed by atoms with van der Waals surface area (Å²) in [4.78, 5) is 11.0. The number of aromatic nitrogens is 4. The number of H-pyrrole nitrogens is 1. The molecule has 3 N–H and O–H groups in total. The molecular weight excluding hydrogens is 254 g/mol. The molecule has 7 nitrogen and oxygen atoms in total. The first kappa shape index (κ1) is 14.5.